The third kappa shape index (κ3) is 3.34. The Kier molecular flexibility index (Phi) is 4.96. The summed E-state index contributed by atoms with van der Waals surface area (Å²) in [6.07, 6.45) is 3.03. The van der Waals surface area contributed by atoms with E-state index in [1.54, 1.807) is 61.7 Å². The van der Waals surface area contributed by atoms with Gasteiger partial charge in [0, 0.05) is 18.0 Å². The zero-order valence-corrected chi connectivity index (χ0v) is 18.1. The summed E-state index contributed by atoms with van der Waals surface area (Å²) >= 11 is 11.9. The first-order valence-corrected chi connectivity index (χ1v) is 10.4. The van der Waals surface area contributed by atoms with Gasteiger partial charge in [-0.25, -0.2) is 15.0 Å². The molecule has 32 heavy (non-hydrogen) atoms. The van der Waals surface area contributed by atoms with Gasteiger partial charge < -0.3 is 0 Å². The molecule has 0 bridgehead atoms. The summed E-state index contributed by atoms with van der Waals surface area (Å²) in [5.41, 5.74) is 1.35. The van der Waals surface area contributed by atoms with Crippen molar-refractivity contribution in [2.45, 2.75) is 13.0 Å². The molecule has 4 heterocycles. The number of rotatable bonds is 4. The summed E-state index contributed by atoms with van der Waals surface area (Å²) < 4.78 is 1.49. The largest absolute Gasteiger partial charge is 0.269 e. The minimum atomic E-state index is -0.721. The molecule has 1 aromatic carbocycles. The smallest absolute Gasteiger partial charge is 0.262 e. The molecular formula is C22H14Cl2N6O2. The van der Waals surface area contributed by atoms with Crippen molar-refractivity contribution in [1.82, 2.24) is 29.6 Å². The molecule has 1 aliphatic rings. The van der Waals surface area contributed by atoms with Crippen LogP contribution in [0.2, 0.25) is 10.2 Å². The number of fused-ring (bicyclic) bond motifs is 1. The maximum atomic E-state index is 13.0. The van der Waals surface area contributed by atoms with Crippen LogP contribution in [0, 0.1) is 0 Å². The number of hydrogen-bond donors (Lipinski definition) is 0. The highest BCUT2D eigenvalue weighted by Crippen LogP contribution is 2.32. The first-order chi connectivity index (χ1) is 15.4. The van der Waals surface area contributed by atoms with Crippen molar-refractivity contribution >= 4 is 35.0 Å². The quantitative estimate of drug-likeness (QED) is 0.328. The topological polar surface area (TPSA) is 93.9 Å². The molecule has 1 atom stereocenters. The maximum Gasteiger partial charge on any atom is 0.262 e. The fourth-order valence-electron chi connectivity index (χ4n) is 3.56. The van der Waals surface area contributed by atoms with Gasteiger partial charge in [0.05, 0.1) is 22.2 Å². The number of nitrogens with zero attached hydrogens (tertiary/aromatic N) is 6. The molecule has 2 amide bonds. The van der Waals surface area contributed by atoms with Crippen molar-refractivity contribution in [2.75, 3.05) is 0 Å². The van der Waals surface area contributed by atoms with Crippen molar-refractivity contribution < 1.29 is 9.59 Å². The van der Waals surface area contributed by atoms with E-state index in [9.17, 15) is 9.59 Å². The van der Waals surface area contributed by atoms with Crippen LogP contribution in [-0.2, 0) is 0 Å². The lowest BCUT2D eigenvalue weighted by Crippen LogP contribution is -2.34. The van der Waals surface area contributed by atoms with Gasteiger partial charge in [-0.1, -0.05) is 35.3 Å². The summed E-state index contributed by atoms with van der Waals surface area (Å²) in [4.78, 5) is 40.3. The zero-order valence-electron chi connectivity index (χ0n) is 16.6. The minimum Gasteiger partial charge on any atom is -0.269 e. The highest BCUT2D eigenvalue weighted by molar-refractivity contribution is 6.30. The predicted molar refractivity (Wildman–Crippen MR) is 118 cm³/mol. The predicted octanol–water partition coefficient (Wildman–Crippen LogP) is 4.39. The molecule has 0 radical (unpaired) electrons. The molecular weight excluding hydrogens is 451 g/mol. The van der Waals surface area contributed by atoms with Crippen molar-refractivity contribution in [3.63, 3.8) is 0 Å². The normalized spacial score (nSPS) is 14.0. The van der Waals surface area contributed by atoms with Crippen LogP contribution < -0.4 is 0 Å². The van der Waals surface area contributed by atoms with E-state index in [2.05, 4.69) is 20.1 Å². The number of aromatic nitrogens is 5. The van der Waals surface area contributed by atoms with E-state index in [1.807, 2.05) is 0 Å². The number of carbonyl (C=O) groups excluding carboxylic acids is 2. The number of carbonyl (C=O) groups is 2. The number of benzene rings is 1. The van der Waals surface area contributed by atoms with Gasteiger partial charge in [-0.05, 0) is 43.3 Å². The van der Waals surface area contributed by atoms with Gasteiger partial charge in [0.15, 0.2) is 17.5 Å². The molecule has 8 nitrogen and oxygen atoms in total. The van der Waals surface area contributed by atoms with E-state index in [-0.39, 0.29) is 11.8 Å². The van der Waals surface area contributed by atoms with E-state index in [4.69, 9.17) is 23.2 Å². The monoisotopic (exact) mass is 464 g/mol. The number of pyridine rings is 2. The molecule has 1 aliphatic heterocycles. The Morgan fingerprint density at radius 2 is 1.59 bits per heavy atom. The molecule has 0 saturated carbocycles. The van der Waals surface area contributed by atoms with Gasteiger partial charge in [0.25, 0.3) is 11.8 Å². The van der Waals surface area contributed by atoms with Gasteiger partial charge in [-0.15, -0.1) is 5.10 Å². The van der Waals surface area contributed by atoms with E-state index < -0.39 is 6.04 Å². The summed E-state index contributed by atoms with van der Waals surface area (Å²) in [5, 5.41) is 5.37. The average molecular weight is 465 g/mol. The Morgan fingerprint density at radius 1 is 0.875 bits per heavy atom. The number of hydrogen-bond acceptors (Lipinski definition) is 6. The second-order valence-electron chi connectivity index (χ2n) is 7.11. The Hall–Kier alpha value is -3.62. The van der Waals surface area contributed by atoms with Crippen LogP contribution in [0.5, 0.6) is 0 Å². The van der Waals surface area contributed by atoms with Crippen LogP contribution in [0.25, 0.3) is 17.2 Å². The Bertz CT molecular complexity index is 1320. The SMILES string of the molecule is CC(c1nc(-c2ccc(Cl)nc2)nn1-c1ccc(Cl)cn1)N1C(=O)c2ccccc2C1=O. The zero-order chi connectivity index (χ0) is 22.4. The number of halogens is 2. The molecule has 1 unspecified atom stereocenters. The Morgan fingerprint density at radius 3 is 2.19 bits per heavy atom. The molecule has 0 N–H and O–H groups in total. The van der Waals surface area contributed by atoms with Crippen LogP contribution in [-0.4, -0.2) is 41.4 Å². The molecule has 0 saturated heterocycles. The van der Waals surface area contributed by atoms with Gasteiger partial charge >= 0.3 is 0 Å². The summed E-state index contributed by atoms with van der Waals surface area (Å²) in [5.74, 6) is 0.384. The molecule has 4 aromatic rings. The van der Waals surface area contributed by atoms with Crippen molar-refractivity contribution in [3.8, 4) is 17.2 Å². The lowest BCUT2D eigenvalue weighted by atomic mass is 10.1. The second-order valence-corrected chi connectivity index (χ2v) is 7.94. The highest BCUT2D eigenvalue weighted by atomic mass is 35.5. The summed E-state index contributed by atoms with van der Waals surface area (Å²) in [6, 6.07) is 12.7. The third-order valence-corrected chi connectivity index (χ3v) is 5.58. The van der Waals surface area contributed by atoms with Gasteiger partial charge in [0.1, 0.15) is 5.15 Å². The maximum absolute atomic E-state index is 13.0. The van der Waals surface area contributed by atoms with E-state index in [0.29, 0.717) is 44.3 Å². The van der Waals surface area contributed by atoms with Gasteiger partial charge in [-0.2, -0.15) is 4.68 Å². The molecule has 158 valence electrons. The first kappa shape index (κ1) is 20.3. The van der Waals surface area contributed by atoms with Crippen LogP contribution in [0.4, 0.5) is 0 Å². The van der Waals surface area contributed by atoms with Crippen LogP contribution in [0.1, 0.15) is 39.5 Å². The molecule has 0 spiro atoms. The van der Waals surface area contributed by atoms with Crippen molar-refractivity contribution in [1.29, 1.82) is 0 Å². The molecule has 3 aromatic heterocycles. The van der Waals surface area contributed by atoms with E-state index in [0.717, 1.165) is 0 Å². The van der Waals surface area contributed by atoms with E-state index in [1.165, 1.54) is 15.8 Å². The number of amides is 2. The van der Waals surface area contributed by atoms with Crippen LogP contribution in [0.15, 0.2) is 60.9 Å². The molecule has 5 rings (SSSR count). The van der Waals surface area contributed by atoms with Crippen molar-refractivity contribution in [2.24, 2.45) is 0 Å². The lowest BCUT2D eigenvalue weighted by molar-refractivity contribution is 0.0587. The first-order valence-electron chi connectivity index (χ1n) is 9.62. The van der Waals surface area contributed by atoms with Crippen LogP contribution >= 0.6 is 23.2 Å². The van der Waals surface area contributed by atoms with Gasteiger partial charge in [-0.3, -0.25) is 14.5 Å². The van der Waals surface area contributed by atoms with Crippen LogP contribution in [0.3, 0.4) is 0 Å². The number of imide groups is 1. The third-order valence-electron chi connectivity index (χ3n) is 5.13. The Labute approximate surface area is 192 Å². The highest BCUT2D eigenvalue weighted by Gasteiger charge is 2.40. The fourth-order valence-corrected chi connectivity index (χ4v) is 3.79. The lowest BCUT2D eigenvalue weighted by Gasteiger charge is -2.22. The second kappa shape index (κ2) is 7.81. The van der Waals surface area contributed by atoms with Crippen molar-refractivity contribution in [3.05, 3.63) is 88.1 Å². The summed E-state index contributed by atoms with van der Waals surface area (Å²) in [7, 11) is 0. The van der Waals surface area contributed by atoms with E-state index >= 15 is 0 Å². The average Bonchev–Trinajstić information content (AvgIpc) is 3.35. The molecule has 10 heteroatoms. The molecule has 0 aliphatic carbocycles. The summed E-state index contributed by atoms with van der Waals surface area (Å²) in [6.45, 7) is 1.72. The standard InChI is InChI=1S/C22H14Cl2N6O2/c1-12(29-21(31)15-4-2-3-5-16(15)22(29)32)20-27-19(13-6-8-17(24)25-10-13)28-30(20)18-9-7-14(23)11-26-18/h2-12H,1H3. The minimum absolute atomic E-state index is 0.340. The van der Waals surface area contributed by atoms with Gasteiger partial charge in [0.2, 0.25) is 0 Å². The molecule has 0 fully saturated rings. The fraction of sp³-hybridized carbons (Fsp3) is 0.0909. The Balaban J connectivity index is 1.62.